The highest BCUT2D eigenvalue weighted by Gasteiger charge is 2.41. The lowest BCUT2D eigenvalue weighted by Gasteiger charge is -2.37. The van der Waals surface area contributed by atoms with E-state index in [2.05, 4.69) is 10.6 Å². The fraction of sp³-hybridized carbons (Fsp3) is 0.250. The van der Waals surface area contributed by atoms with Crippen LogP contribution in [0.3, 0.4) is 0 Å². The van der Waals surface area contributed by atoms with Gasteiger partial charge >= 0.3 is 0 Å². The Kier molecular flexibility index (Phi) is 7.85. The molecule has 0 unspecified atom stereocenters. The number of hydrogen-bond donors (Lipinski definition) is 2. The maximum Gasteiger partial charge on any atom is 0.254 e. The highest BCUT2D eigenvalue weighted by atomic mass is 35.5. The van der Waals surface area contributed by atoms with Gasteiger partial charge in [-0.05, 0) is 78.9 Å². The third-order valence-electron chi connectivity index (χ3n) is 7.50. The number of carbonyl (C=O) groups excluding carboxylic acids is 2. The minimum absolute atomic E-state index is 0.00395. The Labute approximate surface area is 238 Å². The first-order chi connectivity index (χ1) is 19.3. The van der Waals surface area contributed by atoms with Crippen LogP contribution in [0.2, 0.25) is 5.02 Å². The van der Waals surface area contributed by atoms with Crippen molar-refractivity contribution in [3.05, 3.63) is 105 Å². The van der Waals surface area contributed by atoms with Gasteiger partial charge in [0.15, 0.2) is 17.3 Å². The molecule has 5 rings (SSSR count). The zero-order valence-corrected chi connectivity index (χ0v) is 23.6. The molecule has 0 spiro atoms. The fourth-order valence-electron chi connectivity index (χ4n) is 5.54. The van der Waals surface area contributed by atoms with Crippen LogP contribution in [0.15, 0.2) is 89.3 Å². The average Bonchev–Trinajstić information content (AvgIpc) is 2.96. The minimum atomic E-state index is -0.536. The van der Waals surface area contributed by atoms with Crippen LogP contribution in [0, 0.1) is 0 Å². The Morgan fingerprint density at radius 2 is 1.55 bits per heavy atom. The van der Waals surface area contributed by atoms with Crippen LogP contribution in [-0.4, -0.2) is 33.0 Å². The van der Waals surface area contributed by atoms with Gasteiger partial charge in [-0.1, -0.05) is 29.8 Å². The Balaban J connectivity index is 1.52. The molecule has 0 aromatic heterocycles. The first kappa shape index (κ1) is 27.3. The summed E-state index contributed by atoms with van der Waals surface area (Å²) in [6.45, 7) is 1.88. The van der Waals surface area contributed by atoms with Gasteiger partial charge in [0, 0.05) is 45.6 Å². The lowest BCUT2D eigenvalue weighted by molar-refractivity contribution is -0.116. The van der Waals surface area contributed by atoms with E-state index in [0.717, 1.165) is 16.8 Å². The SMILES string of the molecule is COc1ccc(NC(=O)C2=C(C)NC3=C(C(=O)C[C@H](c4ccc(OC)c(OC)c4)C3)[C@@H]2c2ccc(Cl)cc2)cc1. The van der Waals surface area contributed by atoms with Gasteiger partial charge in [-0.2, -0.15) is 0 Å². The number of ketones is 1. The van der Waals surface area contributed by atoms with Crippen molar-refractivity contribution in [1.82, 2.24) is 5.32 Å². The molecule has 2 atom stereocenters. The number of carbonyl (C=O) groups is 2. The van der Waals surface area contributed by atoms with E-state index >= 15 is 0 Å². The fourth-order valence-corrected chi connectivity index (χ4v) is 5.67. The zero-order valence-electron chi connectivity index (χ0n) is 22.8. The van der Waals surface area contributed by atoms with E-state index in [4.69, 9.17) is 25.8 Å². The predicted molar refractivity (Wildman–Crippen MR) is 155 cm³/mol. The molecule has 3 aromatic rings. The summed E-state index contributed by atoms with van der Waals surface area (Å²) >= 11 is 6.20. The van der Waals surface area contributed by atoms with Crippen LogP contribution < -0.4 is 24.8 Å². The smallest absolute Gasteiger partial charge is 0.254 e. The molecule has 0 saturated heterocycles. The Morgan fingerprint density at radius 1 is 0.875 bits per heavy atom. The van der Waals surface area contributed by atoms with Crippen molar-refractivity contribution in [2.45, 2.75) is 31.6 Å². The third kappa shape index (κ3) is 5.29. The summed E-state index contributed by atoms with van der Waals surface area (Å²) in [5.41, 5.74) is 5.09. The number of ether oxygens (including phenoxy) is 3. The van der Waals surface area contributed by atoms with Crippen molar-refractivity contribution in [1.29, 1.82) is 0 Å². The molecule has 1 aliphatic heterocycles. The lowest BCUT2D eigenvalue weighted by Crippen LogP contribution is -2.37. The molecule has 2 aliphatic rings. The molecule has 206 valence electrons. The van der Waals surface area contributed by atoms with Crippen molar-refractivity contribution in [2.24, 2.45) is 0 Å². The number of methoxy groups -OCH3 is 3. The summed E-state index contributed by atoms with van der Waals surface area (Å²) in [6, 6.07) is 20.2. The van der Waals surface area contributed by atoms with E-state index in [1.165, 1.54) is 0 Å². The number of allylic oxidation sites excluding steroid dienone is 3. The summed E-state index contributed by atoms with van der Waals surface area (Å²) in [5, 5.41) is 7.00. The summed E-state index contributed by atoms with van der Waals surface area (Å²) < 4.78 is 16.1. The standard InChI is InChI=1S/C32H31ClN2O5/c1-18-29(32(37)35-23-10-12-24(38-2)13-11-23)30(19-5-8-22(33)9-6-19)31-25(34-18)15-21(16-26(31)36)20-7-14-27(39-3)28(17-20)40-4/h5-14,17,21,30,34H,15-16H2,1-4H3,(H,35,37)/t21-,30-/m1/s1. The molecule has 1 amide bonds. The maximum absolute atomic E-state index is 13.9. The van der Waals surface area contributed by atoms with Crippen molar-refractivity contribution in [3.63, 3.8) is 0 Å². The van der Waals surface area contributed by atoms with Crippen LogP contribution in [-0.2, 0) is 9.59 Å². The van der Waals surface area contributed by atoms with Crippen LogP contribution in [0.5, 0.6) is 17.2 Å². The monoisotopic (exact) mass is 558 g/mol. The molecule has 1 heterocycles. The maximum atomic E-state index is 13.9. The Hall–Kier alpha value is -4.23. The summed E-state index contributed by atoms with van der Waals surface area (Å²) in [7, 11) is 4.79. The number of Topliss-reactive ketones (excluding diaryl/α,β-unsaturated/α-hetero) is 1. The van der Waals surface area contributed by atoms with E-state index < -0.39 is 5.92 Å². The van der Waals surface area contributed by atoms with Gasteiger partial charge in [0.1, 0.15) is 5.75 Å². The summed E-state index contributed by atoms with van der Waals surface area (Å²) in [4.78, 5) is 27.7. The van der Waals surface area contributed by atoms with Gasteiger partial charge in [0.05, 0.1) is 21.3 Å². The predicted octanol–water partition coefficient (Wildman–Crippen LogP) is 6.37. The summed E-state index contributed by atoms with van der Waals surface area (Å²) in [6.07, 6.45) is 0.928. The number of dihydropyridines is 1. The highest BCUT2D eigenvalue weighted by Crippen LogP contribution is 2.46. The molecule has 7 nitrogen and oxygen atoms in total. The zero-order chi connectivity index (χ0) is 28.4. The largest absolute Gasteiger partial charge is 0.497 e. The van der Waals surface area contributed by atoms with Crippen LogP contribution in [0.25, 0.3) is 0 Å². The molecule has 0 fully saturated rings. The number of amides is 1. The number of hydrogen-bond acceptors (Lipinski definition) is 6. The van der Waals surface area contributed by atoms with E-state index in [-0.39, 0.29) is 17.6 Å². The van der Waals surface area contributed by atoms with Crippen molar-refractivity contribution in [2.75, 3.05) is 26.6 Å². The van der Waals surface area contributed by atoms with Gasteiger partial charge in [0.2, 0.25) is 0 Å². The van der Waals surface area contributed by atoms with Gasteiger partial charge in [-0.25, -0.2) is 0 Å². The molecule has 8 heteroatoms. The second-order valence-corrected chi connectivity index (χ2v) is 10.3. The molecular weight excluding hydrogens is 528 g/mol. The molecule has 40 heavy (non-hydrogen) atoms. The third-order valence-corrected chi connectivity index (χ3v) is 7.75. The highest BCUT2D eigenvalue weighted by molar-refractivity contribution is 6.30. The number of rotatable bonds is 7. The summed E-state index contributed by atoms with van der Waals surface area (Å²) in [5.74, 6) is 1.08. The lowest BCUT2D eigenvalue weighted by atomic mass is 9.71. The second kappa shape index (κ2) is 11.5. The van der Waals surface area contributed by atoms with Gasteiger partial charge < -0.3 is 24.8 Å². The van der Waals surface area contributed by atoms with Crippen LogP contribution >= 0.6 is 11.6 Å². The van der Waals surface area contributed by atoms with Gasteiger partial charge in [-0.3, -0.25) is 9.59 Å². The molecule has 0 saturated carbocycles. The van der Waals surface area contributed by atoms with Crippen LogP contribution in [0.1, 0.15) is 42.7 Å². The Bertz CT molecular complexity index is 1510. The van der Waals surface area contributed by atoms with E-state index in [1.807, 2.05) is 37.3 Å². The van der Waals surface area contributed by atoms with Gasteiger partial charge in [-0.15, -0.1) is 0 Å². The molecule has 0 radical (unpaired) electrons. The topological polar surface area (TPSA) is 85.9 Å². The second-order valence-electron chi connectivity index (χ2n) is 9.87. The normalized spacial score (nSPS) is 18.6. The quantitative estimate of drug-likeness (QED) is 0.351. The first-order valence-electron chi connectivity index (χ1n) is 13.0. The minimum Gasteiger partial charge on any atom is -0.497 e. The molecular formula is C32H31ClN2O5. The number of benzene rings is 3. The molecule has 3 aromatic carbocycles. The van der Waals surface area contributed by atoms with Crippen molar-refractivity contribution in [3.8, 4) is 17.2 Å². The Morgan fingerprint density at radius 3 is 2.20 bits per heavy atom. The van der Waals surface area contributed by atoms with Crippen molar-refractivity contribution < 1.29 is 23.8 Å². The number of nitrogens with one attached hydrogen (secondary N) is 2. The van der Waals surface area contributed by atoms with E-state index in [1.54, 1.807) is 57.7 Å². The molecule has 1 aliphatic carbocycles. The number of anilines is 1. The van der Waals surface area contributed by atoms with Crippen LogP contribution in [0.4, 0.5) is 5.69 Å². The van der Waals surface area contributed by atoms with Gasteiger partial charge in [0.25, 0.3) is 5.91 Å². The molecule has 2 N–H and O–H groups in total. The first-order valence-corrected chi connectivity index (χ1v) is 13.4. The van der Waals surface area contributed by atoms with E-state index in [0.29, 0.717) is 57.6 Å². The molecule has 0 bridgehead atoms. The van der Waals surface area contributed by atoms with E-state index in [9.17, 15) is 9.59 Å². The van der Waals surface area contributed by atoms with Crippen molar-refractivity contribution >= 4 is 29.0 Å². The average molecular weight is 559 g/mol. The number of halogens is 1.